The van der Waals surface area contributed by atoms with Crippen LogP contribution in [0.5, 0.6) is 0 Å². The first-order valence-corrected chi connectivity index (χ1v) is 8.43. The van der Waals surface area contributed by atoms with Crippen LogP contribution in [-0.4, -0.2) is 34.7 Å². The van der Waals surface area contributed by atoms with Crippen molar-refractivity contribution in [3.8, 4) is 0 Å². The smallest absolute Gasteiger partial charge is 0.259 e. The number of amides is 1. The van der Waals surface area contributed by atoms with Crippen molar-refractivity contribution < 1.29 is 9.32 Å². The van der Waals surface area contributed by atoms with Crippen LogP contribution in [-0.2, 0) is 0 Å². The van der Waals surface area contributed by atoms with Gasteiger partial charge < -0.3 is 15.2 Å². The Kier molecular flexibility index (Phi) is 4.78. The van der Waals surface area contributed by atoms with Gasteiger partial charge in [0.15, 0.2) is 0 Å². The van der Waals surface area contributed by atoms with E-state index in [1.165, 1.54) is 0 Å². The summed E-state index contributed by atoms with van der Waals surface area (Å²) in [6.45, 7) is 4.95. The van der Waals surface area contributed by atoms with Crippen LogP contribution in [0.2, 0.25) is 0 Å². The van der Waals surface area contributed by atoms with E-state index < -0.39 is 0 Å². The summed E-state index contributed by atoms with van der Waals surface area (Å²) in [4.78, 5) is 17.4. The molecule has 24 heavy (non-hydrogen) atoms. The maximum Gasteiger partial charge on any atom is 0.259 e. The van der Waals surface area contributed by atoms with Gasteiger partial charge in [0.25, 0.3) is 11.6 Å². The Labute approximate surface area is 147 Å². The molecule has 1 aliphatic heterocycles. The minimum atomic E-state index is -0.0373. The van der Waals surface area contributed by atoms with Crippen LogP contribution in [0.4, 0.5) is 0 Å². The van der Waals surface area contributed by atoms with Crippen molar-refractivity contribution in [2.75, 3.05) is 6.54 Å². The van der Waals surface area contributed by atoms with Crippen LogP contribution in [0.15, 0.2) is 10.6 Å². The molecule has 0 aromatic carbocycles. The van der Waals surface area contributed by atoms with E-state index in [1.807, 2.05) is 13.0 Å². The normalized spacial score (nSPS) is 23.8. The van der Waals surface area contributed by atoms with Gasteiger partial charge in [0.2, 0.25) is 0 Å². The van der Waals surface area contributed by atoms with Gasteiger partial charge in [-0.1, -0.05) is 5.16 Å². The monoisotopic (exact) mass is 350 g/mol. The first kappa shape index (κ1) is 17.2. The number of fused-ring (bicyclic) bond motifs is 1. The number of hydrogen-bond donors (Lipinski definition) is 2. The number of nitrogens with one attached hydrogen (secondary N) is 2. The fraction of sp³-hybridized carbons (Fsp3) is 0.588. The number of piperidine rings is 1. The Balaban J connectivity index is 0.00000169. The van der Waals surface area contributed by atoms with Gasteiger partial charge in [-0.15, -0.1) is 12.4 Å². The fourth-order valence-electron chi connectivity index (χ4n) is 3.41. The summed E-state index contributed by atoms with van der Waals surface area (Å²) >= 11 is 0. The molecule has 130 valence electrons. The van der Waals surface area contributed by atoms with E-state index >= 15 is 0 Å². The summed E-state index contributed by atoms with van der Waals surface area (Å²) in [6.07, 6.45) is 4.19. The van der Waals surface area contributed by atoms with Crippen LogP contribution >= 0.6 is 12.4 Å². The standard InChI is InChI=1S/C17H22N4O2.ClH/c1-9-7-12(5-6-18-9)19-16(22)13-8-14(11-3-4-11)20-17-15(13)10(2)21-23-17;/h8-9,11-12,18H,3-7H2,1-2H3,(H,19,22);1H. The average molecular weight is 351 g/mol. The predicted molar refractivity (Wildman–Crippen MR) is 93.7 cm³/mol. The summed E-state index contributed by atoms with van der Waals surface area (Å²) in [5, 5.41) is 11.3. The number of rotatable bonds is 3. The van der Waals surface area contributed by atoms with Crippen molar-refractivity contribution in [2.24, 2.45) is 0 Å². The lowest BCUT2D eigenvalue weighted by molar-refractivity contribution is 0.0927. The predicted octanol–water partition coefficient (Wildman–Crippen LogP) is 2.70. The third-order valence-corrected chi connectivity index (χ3v) is 4.84. The number of aromatic nitrogens is 2. The maximum absolute atomic E-state index is 12.9. The first-order chi connectivity index (χ1) is 11.1. The van der Waals surface area contributed by atoms with Gasteiger partial charge in [-0.2, -0.15) is 0 Å². The highest BCUT2D eigenvalue weighted by atomic mass is 35.5. The van der Waals surface area contributed by atoms with Crippen molar-refractivity contribution in [1.29, 1.82) is 0 Å². The Bertz CT molecular complexity index is 756. The topological polar surface area (TPSA) is 80.0 Å². The molecule has 2 aromatic rings. The number of hydrogen-bond acceptors (Lipinski definition) is 5. The minimum absolute atomic E-state index is 0. The highest BCUT2D eigenvalue weighted by molar-refractivity contribution is 6.06. The molecule has 0 bridgehead atoms. The Morgan fingerprint density at radius 3 is 2.88 bits per heavy atom. The summed E-state index contributed by atoms with van der Waals surface area (Å²) in [7, 11) is 0. The second kappa shape index (κ2) is 6.69. The third-order valence-electron chi connectivity index (χ3n) is 4.84. The summed E-state index contributed by atoms with van der Waals surface area (Å²) in [6, 6.07) is 2.58. The van der Waals surface area contributed by atoms with Crippen molar-refractivity contribution >= 4 is 29.4 Å². The zero-order chi connectivity index (χ0) is 16.0. The van der Waals surface area contributed by atoms with Crippen molar-refractivity contribution in [1.82, 2.24) is 20.8 Å². The highest BCUT2D eigenvalue weighted by Gasteiger charge is 2.29. The van der Waals surface area contributed by atoms with E-state index in [-0.39, 0.29) is 24.4 Å². The Morgan fingerprint density at radius 1 is 1.38 bits per heavy atom. The van der Waals surface area contributed by atoms with Crippen LogP contribution in [0.25, 0.3) is 11.1 Å². The molecule has 1 saturated heterocycles. The molecule has 0 radical (unpaired) electrons. The first-order valence-electron chi connectivity index (χ1n) is 8.43. The lowest BCUT2D eigenvalue weighted by Crippen LogP contribution is -2.46. The zero-order valence-electron chi connectivity index (χ0n) is 14.0. The number of nitrogens with zero attached hydrogens (tertiary/aromatic N) is 2. The Morgan fingerprint density at radius 2 is 2.17 bits per heavy atom. The van der Waals surface area contributed by atoms with Crippen LogP contribution in [0.3, 0.4) is 0 Å². The summed E-state index contributed by atoms with van der Waals surface area (Å²) in [5.41, 5.74) is 2.81. The Hall–Kier alpha value is -1.66. The molecule has 1 saturated carbocycles. The maximum atomic E-state index is 12.9. The zero-order valence-corrected chi connectivity index (χ0v) is 14.8. The lowest BCUT2D eigenvalue weighted by atomic mass is 9.99. The van der Waals surface area contributed by atoms with Crippen LogP contribution < -0.4 is 10.6 Å². The van der Waals surface area contributed by atoms with Gasteiger partial charge in [0.05, 0.1) is 16.6 Å². The molecule has 2 aliphatic rings. The van der Waals surface area contributed by atoms with E-state index in [2.05, 4.69) is 27.7 Å². The number of carbonyl (C=O) groups is 1. The summed E-state index contributed by atoms with van der Waals surface area (Å²) in [5.74, 6) is 0.431. The molecule has 2 N–H and O–H groups in total. The number of pyridine rings is 1. The van der Waals surface area contributed by atoms with E-state index in [1.54, 1.807) is 0 Å². The van der Waals surface area contributed by atoms with Gasteiger partial charge in [0.1, 0.15) is 0 Å². The quantitative estimate of drug-likeness (QED) is 0.889. The molecular weight excluding hydrogens is 328 g/mol. The fourth-order valence-corrected chi connectivity index (χ4v) is 3.41. The van der Waals surface area contributed by atoms with Gasteiger partial charge >= 0.3 is 0 Å². The SMILES string of the molecule is Cc1noc2nc(C3CC3)cc(C(=O)NC3CCNC(C)C3)c12.Cl. The number of halogens is 1. The van der Waals surface area contributed by atoms with Crippen molar-refractivity contribution in [3.05, 3.63) is 23.0 Å². The lowest BCUT2D eigenvalue weighted by Gasteiger charge is -2.28. The summed E-state index contributed by atoms with van der Waals surface area (Å²) < 4.78 is 5.31. The highest BCUT2D eigenvalue weighted by Crippen LogP contribution is 2.40. The number of carbonyl (C=O) groups excluding carboxylic acids is 1. The van der Waals surface area contributed by atoms with E-state index in [9.17, 15) is 4.79 Å². The molecule has 6 nitrogen and oxygen atoms in total. The number of aryl methyl sites for hydroxylation is 1. The average Bonchev–Trinajstić information content (AvgIpc) is 3.31. The van der Waals surface area contributed by atoms with Gasteiger partial charge in [-0.3, -0.25) is 4.79 Å². The van der Waals surface area contributed by atoms with E-state index in [4.69, 9.17) is 4.52 Å². The van der Waals surface area contributed by atoms with E-state index in [0.717, 1.165) is 49.0 Å². The molecule has 2 aromatic heterocycles. The molecule has 2 fully saturated rings. The largest absolute Gasteiger partial charge is 0.349 e. The molecule has 0 spiro atoms. The minimum Gasteiger partial charge on any atom is -0.349 e. The molecular formula is C17H23ClN4O2. The molecule has 1 amide bonds. The van der Waals surface area contributed by atoms with Gasteiger partial charge in [0, 0.05) is 23.7 Å². The van der Waals surface area contributed by atoms with Gasteiger partial charge in [-0.25, -0.2) is 4.98 Å². The molecule has 7 heteroatoms. The second-order valence-corrected chi connectivity index (χ2v) is 6.87. The second-order valence-electron chi connectivity index (χ2n) is 6.87. The third kappa shape index (κ3) is 3.26. The van der Waals surface area contributed by atoms with Crippen LogP contribution in [0.1, 0.15) is 60.3 Å². The molecule has 4 rings (SSSR count). The van der Waals surface area contributed by atoms with Crippen molar-refractivity contribution in [2.45, 2.75) is 57.5 Å². The van der Waals surface area contributed by atoms with E-state index in [0.29, 0.717) is 23.2 Å². The van der Waals surface area contributed by atoms with Crippen molar-refractivity contribution in [3.63, 3.8) is 0 Å². The van der Waals surface area contributed by atoms with Crippen LogP contribution in [0, 0.1) is 6.92 Å². The molecule has 1 aliphatic carbocycles. The van der Waals surface area contributed by atoms with Gasteiger partial charge in [-0.05, 0) is 52.1 Å². The molecule has 3 heterocycles. The molecule has 2 atom stereocenters. The molecule has 2 unspecified atom stereocenters.